The van der Waals surface area contributed by atoms with E-state index in [-0.39, 0.29) is 0 Å². The minimum absolute atomic E-state index is 0.992. The van der Waals surface area contributed by atoms with Gasteiger partial charge in [-0.05, 0) is 34.5 Å². The van der Waals surface area contributed by atoms with E-state index in [9.17, 15) is 0 Å². The zero-order valence-corrected chi connectivity index (χ0v) is 10.8. The minimum atomic E-state index is 0.992. The van der Waals surface area contributed by atoms with E-state index < -0.39 is 0 Å². The predicted molar refractivity (Wildman–Crippen MR) is 65.4 cm³/mol. The number of nitrogens with zero attached hydrogens (tertiary/aromatic N) is 2. The Balaban J connectivity index is 2.75. The Morgan fingerprint density at radius 2 is 2.31 bits per heavy atom. The predicted octanol–water partition coefficient (Wildman–Crippen LogP) is 3.34. The van der Waals surface area contributed by atoms with Gasteiger partial charge < -0.3 is 4.40 Å². The van der Waals surface area contributed by atoms with Crippen LogP contribution in [0.1, 0.15) is 11.3 Å². The summed E-state index contributed by atoms with van der Waals surface area (Å²) in [5.41, 5.74) is 3.34. The van der Waals surface area contributed by atoms with Crippen LogP contribution in [-0.4, -0.2) is 9.38 Å². The van der Waals surface area contributed by atoms with E-state index in [2.05, 4.69) is 60.2 Å². The molecule has 0 fully saturated rings. The summed E-state index contributed by atoms with van der Waals surface area (Å²) in [5.74, 6) is 0. The Morgan fingerprint density at radius 3 is 3.00 bits per heavy atom. The molecule has 2 aromatic heterocycles. The van der Waals surface area contributed by atoms with Gasteiger partial charge in [-0.15, -0.1) is 0 Å². The molecule has 0 aliphatic rings. The molecule has 13 heavy (non-hydrogen) atoms. The van der Waals surface area contributed by atoms with Crippen molar-refractivity contribution in [1.82, 2.24) is 9.38 Å². The third kappa shape index (κ3) is 1.74. The van der Waals surface area contributed by atoms with Crippen molar-refractivity contribution in [1.29, 1.82) is 0 Å². The van der Waals surface area contributed by atoms with Gasteiger partial charge in [-0.1, -0.05) is 22.6 Å². The normalized spacial score (nSPS) is 11.0. The van der Waals surface area contributed by atoms with Gasteiger partial charge in [0.05, 0.1) is 10.2 Å². The summed E-state index contributed by atoms with van der Waals surface area (Å²) in [6, 6.07) is 2.12. The van der Waals surface area contributed by atoms with Crippen LogP contribution in [-0.2, 0) is 4.43 Å². The molecule has 0 amide bonds. The molecular formula is C9H8BrIN2. The molecule has 0 N–H and O–H groups in total. The smallest absolute Gasteiger partial charge is 0.151 e. The number of hydrogen-bond donors (Lipinski definition) is 0. The number of alkyl halides is 1. The lowest BCUT2D eigenvalue weighted by Gasteiger charge is -1.99. The Labute approximate surface area is 98.6 Å². The third-order valence-electron chi connectivity index (χ3n) is 1.84. The van der Waals surface area contributed by atoms with Crippen molar-refractivity contribution in [3.05, 3.63) is 34.2 Å². The van der Waals surface area contributed by atoms with Crippen molar-refractivity contribution < 1.29 is 0 Å². The first-order valence-electron chi connectivity index (χ1n) is 3.90. The SMILES string of the molecule is Cc1cn2cc(CI)cc(Br)c2n1. The van der Waals surface area contributed by atoms with Crippen LogP contribution in [0.4, 0.5) is 0 Å². The largest absolute Gasteiger partial charge is 0.306 e. The molecule has 0 radical (unpaired) electrons. The van der Waals surface area contributed by atoms with Gasteiger partial charge in [0, 0.05) is 16.8 Å². The maximum atomic E-state index is 4.40. The van der Waals surface area contributed by atoms with Crippen molar-refractivity contribution in [2.24, 2.45) is 0 Å². The van der Waals surface area contributed by atoms with Crippen LogP contribution in [0.3, 0.4) is 0 Å². The van der Waals surface area contributed by atoms with Crippen LogP contribution < -0.4 is 0 Å². The van der Waals surface area contributed by atoms with Gasteiger partial charge in [0.15, 0.2) is 5.65 Å². The molecule has 2 rings (SSSR count). The maximum Gasteiger partial charge on any atom is 0.151 e. The summed E-state index contributed by atoms with van der Waals surface area (Å²) in [6.45, 7) is 2.00. The Morgan fingerprint density at radius 1 is 1.54 bits per heavy atom. The lowest BCUT2D eigenvalue weighted by Crippen LogP contribution is -1.87. The van der Waals surface area contributed by atoms with E-state index in [1.807, 2.05) is 13.1 Å². The Bertz CT molecular complexity index is 450. The van der Waals surface area contributed by atoms with Crippen molar-refractivity contribution in [2.45, 2.75) is 11.4 Å². The monoisotopic (exact) mass is 350 g/mol. The Hall–Kier alpha value is -0.100. The number of imidazole rings is 1. The molecule has 0 aliphatic carbocycles. The minimum Gasteiger partial charge on any atom is -0.306 e. The number of fused-ring (bicyclic) bond motifs is 1. The summed E-state index contributed by atoms with van der Waals surface area (Å²) >= 11 is 5.87. The second kappa shape index (κ2) is 3.57. The summed E-state index contributed by atoms with van der Waals surface area (Å²) in [7, 11) is 0. The molecular weight excluding hydrogens is 343 g/mol. The first kappa shape index (κ1) is 9.45. The van der Waals surface area contributed by atoms with E-state index in [1.165, 1.54) is 5.56 Å². The highest BCUT2D eigenvalue weighted by Crippen LogP contribution is 2.20. The molecule has 0 spiro atoms. The van der Waals surface area contributed by atoms with Gasteiger partial charge >= 0.3 is 0 Å². The molecule has 0 aromatic carbocycles. The van der Waals surface area contributed by atoms with Crippen LogP contribution in [0.5, 0.6) is 0 Å². The number of halogens is 2. The van der Waals surface area contributed by atoms with Gasteiger partial charge in [-0.25, -0.2) is 4.98 Å². The maximum absolute atomic E-state index is 4.40. The van der Waals surface area contributed by atoms with E-state index in [4.69, 9.17) is 0 Å². The zero-order chi connectivity index (χ0) is 9.42. The zero-order valence-electron chi connectivity index (χ0n) is 7.09. The molecule has 4 heteroatoms. The fourth-order valence-corrected chi connectivity index (χ4v) is 2.31. The summed E-state index contributed by atoms with van der Waals surface area (Å²) < 4.78 is 4.14. The molecule has 68 valence electrons. The van der Waals surface area contributed by atoms with Crippen LogP contribution in [0.25, 0.3) is 5.65 Å². The number of pyridine rings is 1. The first-order chi connectivity index (χ1) is 6.20. The van der Waals surface area contributed by atoms with Crippen LogP contribution >= 0.6 is 38.5 Å². The van der Waals surface area contributed by atoms with Gasteiger partial charge in [-0.3, -0.25) is 0 Å². The summed E-state index contributed by atoms with van der Waals surface area (Å²) in [5, 5.41) is 0. The lowest BCUT2D eigenvalue weighted by atomic mass is 10.3. The van der Waals surface area contributed by atoms with Crippen LogP contribution in [0.15, 0.2) is 22.9 Å². The quantitative estimate of drug-likeness (QED) is 0.569. The highest BCUT2D eigenvalue weighted by molar-refractivity contribution is 14.1. The number of aromatic nitrogens is 2. The average Bonchev–Trinajstić information content (AvgIpc) is 2.46. The standard InChI is InChI=1S/C9H8BrIN2/c1-6-4-13-5-7(3-11)2-8(10)9(13)12-6/h2,4-5H,3H2,1H3. The molecule has 0 saturated carbocycles. The molecule has 2 nitrogen and oxygen atoms in total. The van der Waals surface area contributed by atoms with E-state index >= 15 is 0 Å². The van der Waals surface area contributed by atoms with Crippen LogP contribution in [0, 0.1) is 6.92 Å². The molecule has 2 heterocycles. The number of hydrogen-bond acceptors (Lipinski definition) is 1. The van der Waals surface area contributed by atoms with Gasteiger partial charge in [0.25, 0.3) is 0 Å². The van der Waals surface area contributed by atoms with Crippen molar-refractivity contribution in [2.75, 3.05) is 0 Å². The summed E-state index contributed by atoms with van der Waals surface area (Å²) in [6.07, 6.45) is 4.16. The molecule has 0 aliphatic heterocycles. The molecule has 0 saturated heterocycles. The number of aryl methyl sites for hydroxylation is 1. The van der Waals surface area contributed by atoms with E-state index in [1.54, 1.807) is 0 Å². The van der Waals surface area contributed by atoms with Crippen molar-refractivity contribution in [3.8, 4) is 0 Å². The molecule has 0 bridgehead atoms. The molecule has 2 aromatic rings. The fraction of sp³-hybridized carbons (Fsp3) is 0.222. The van der Waals surface area contributed by atoms with Gasteiger partial charge in [0.1, 0.15) is 0 Å². The molecule has 0 unspecified atom stereocenters. The fourth-order valence-electron chi connectivity index (χ4n) is 1.31. The van der Waals surface area contributed by atoms with Gasteiger partial charge in [-0.2, -0.15) is 0 Å². The second-order valence-corrected chi connectivity index (χ2v) is 4.56. The number of rotatable bonds is 1. The summed E-state index contributed by atoms with van der Waals surface area (Å²) in [4.78, 5) is 4.40. The topological polar surface area (TPSA) is 17.3 Å². The van der Waals surface area contributed by atoms with Crippen molar-refractivity contribution in [3.63, 3.8) is 0 Å². The highest BCUT2D eigenvalue weighted by Gasteiger charge is 2.03. The molecule has 0 atom stereocenters. The Kier molecular flexibility index (Phi) is 2.60. The second-order valence-electron chi connectivity index (χ2n) is 2.94. The first-order valence-corrected chi connectivity index (χ1v) is 6.22. The average molecular weight is 351 g/mol. The highest BCUT2D eigenvalue weighted by atomic mass is 127. The lowest BCUT2D eigenvalue weighted by molar-refractivity contribution is 1.14. The van der Waals surface area contributed by atoms with Crippen molar-refractivity contribution >= 4 is 44.2 Å². The van der Waals surface area contributed by atoms with E-state index in [0.29, 0.717) is 0 Å². The third-order valence-corrected chi connectivity index (χ3v) is 3.30. The van der Waals surface area contributed by atoms with Crippen LogP contribution in [0.2, 0.25) is 0 Å². The van der Waals surface area contributed by atoms with Gasteiger partial charge in [0.2, 0.25) is 0 Å². The van der Waals surface area contributed by atoms with E-state index in [0.717, 1.165) is 20.2 Å².